The van der Waals surface area contributed by atoms with Crippen molar-refractivity contribution >= 4 is 5.91 Å². The van der Waals surface area contributed by atoms with Crippen molar-refractivity contribution in [3.63, 3.8) is 0 Å². The minimum Gasteiger partial charge on any atom is -0.454 e. The summed E-state index contributed by atoms with van der Waals surface area (Å²) in [5, 5.41) is 0. The average molecular weight is 367 g/mol. The Labute approximate surface area is 159 Å². The van der Waals surface area contributed by atoms with Crippen LogP contribution >= 0.6 is 0 Å². The van der Waals surface area contributed by atoms with E-state index in [1.807, 2.05) is 17.9 Å². The van der Waals surface area contributed by atoms with E-state index in [0.717, 1.165) is 56.1 Å². The van der Waals surface area contributed by atoms with E-state index in [4.69, 9.17) is 9.47 Å². The van der Waals surface area contributed by atoms with E-state index < -0.39 is 0 Å². The molecular weight excluding hydrogens is 342 g/mol. The topological polar surface area (TPSA) is 64.6 Å². The monoisotopic (exact) mass is 367 g/mol. The molecular formula is C21H25N3O3. The quantitative estimate of drug-likeness (QED) is 0.830. The lowest BCUT2D eigenvalue weighted by Gasteiger charge is -2.40. The van der Waals surface area contributed by atoms with Crippen molar-refractivity contribution in [3.05, 3.63) is 47.5 Å². The number of hydrogen-bond donors (Lipinski definition) is 0. The highest BCUT2D eigenvalue weighted by Gasteiger charge is 2.34. The van der Waals surface area contributed by atoms with Crippen LogP contribution in [-0.4, -0.2) is 40.7 Å². The number of benzene rings is 1. The minimum atomic E-state index is 0.0225. The summed E-state index contributed by atoms with van der Waals surface area (Å²) in [5.74, 6) is 2.40. The normalized spacial score (nSPS) is 21.3. The van der Waals surface area contributed by atoms with E-state index in [1.165, 1.54) is 5.56 Å². The van der Waals surface area contributed by atoms with Crippen LogP contribution in [0, 0.1) is 5.41 Å². The van der Waals surface area contributed by atoms with E-state index in [0.29, 0.717) is 5.56 Å². The molecule has 1 fully saturated rings. The van der Waals surface area contributed by atoms with Gasteiger partial charge in [0, 0.05) is 31.9 Å². The van der Waals surface area contributed by atoms with Crippen molar-refractivity contribution in [2.24, 2.45) is 5.41 Å². The van der Waals surface area contributed by atoms with Crippen molar-refractivity contribution < 1.29 is 14.3 Å². The van der Waals surface area contributed by atoms with Crippen molar-refractivity contribution in [1.29, 1.82) is 0 Å². The number of aryl methyl sites for hydroxylation is 1. The van der Waals surface area contributed by atoms with Crippen LogP contribution in [0.2, 0.25) is 0 Å². The van der Waals surface area contributed by atoms with Gasteiger partial charge in [0.15, 0.2) is 11.5 Å². The highest BCUT2D eigenvalue weighted by Crippen LogP contribution is 2.37. The highest BCUT2D eigenvalue weighted by molar-refractivity contribution is 5.93. The molecule has 27 heavy (non-hydrogen) atoms. The van der Waals surface area contributed by atoms with Crippen LogP contribution in [0.4, 0.5) is 0 Å². The molecule has 142 valence electrons. The first kappa shape index (κ1) is 17.8. The van der Waals surface area contributed by atoms with Gasteiger partial charge >= 0.3 is 0 Å². The van der Waals surface area contributed by atoms with E-state index in [-0.39, 0.29) is 18.1 Å². The fraction of sp³-hybridized carbons (Fsp3) is 0.476. The summed E-state index contributed by atoms with van der Waals surface area (Å²) in [6.45, 7) is 6.06. The van der Waals surface area contributed by atoms with Crippen LogP contribution < -0.4 is 9.47 Å². The molecule has 2 aliphatic heterocycles. The van der Waals surface area contributed by atoms with Crippen LogP contribution in [0.15, 0.2) is 30.6 Å². The first-order valence-electron chi connectivity index (χ1n) is 9.55. The van der Waals surface area contributed by atoms with Crippen molar-refractivity contribution in [2.45, 2.75) is 39.5 Å². The maximum absolute atomic E-state index is 12.9. The molecule has 1 amide bonds. The Morgan fingerprint density at radius 1 is 1.22 bits per heavy atom. The average Bonchev–Trinajstić information content (AvgIpc) is 3.15. The number of fused-ring (bicyclic) bond motifs is 1. The van der Waals surface area contributed by atoms with Crippen LogP contribution in [0.5, 0.6) is 11.5 Å². The van der Waals surface area contributed by atoms with Gasteiger partial charge in [-0.15, -0.1) is 0 Å². The Morgan fingerprint density at radius 2 is 2.00 bits per heavy atom. The molecule has 1 atom stereocenters. The largest absolute Gasteiger partial charge is 0.454 e. The summed E-state index contributed by atoms with van der Waals surface area (Å²) in [6, 6.07) is 6.13. The van der Waals surface area contributed by atoms with E-state index in [1.54, 1.807) is 12.4 Å². The molecule has 6 nitrogen and oxygen atoms in total. The predicted octanol–water partition coefficient (Wildman–Crippen LogP) is 3.25. The van der Waals surface area contributed by atoms with E-state index in [2.05, 4.69) is 29.0 Å². The number of piperidine rings is 1. The molecule has 0 spiro atoms. The van der Waals surface area contributed by atoms with Crippen LogP contribution in [0.1, 0.15) is 48.4 Å². The lowest BCUT2D eigenvalue weighted by Crippen LogP contribution is -2.45. The molecule has 4 rings (SSSR count). The first-order chi connectivity index (χ1) is 13.1. The number of aromatic nitrogens is 2. The number of rotatable bonds is 4. The number of hydrogen-bond acceptors (Lipinski definition) is 5. The van der Waals surface area contributed by atoms with E-state index >= 15 is 0 Å². The van der Waals surface area contributed by atoms with Gasteiger partial charge in [-0.2, -0.15) is 0 Å². The molecule has 1 saturated heterocycles. The highest BCUT2D eigenvalue weighted by atomic mass is 16.7. The number of ether oxygens (including phenoxy) is 2. The zero-order chi connectivity index (χ0) is 18.9. The molecule has 1 unspecified atom stereocenters. The third-order valence-corrected chi connectivity index (χ3v) is 5.40. The lowest BCUT2D eigenvalue weighted by molar-refractivity contribution is 0.0549. The van der Waals surface area contributed by atoms with Crippen molar-refractivity contribution in [1.82, 2.24) is 14.9 Å². The SMILES string of the molecule is CCc1ncc(C(=O)N2CCCC(C)(Cc3ccc4c(c3)OCO4)C2)cn1. The molecule has 0 radical (unpaired) electrons. The molecule has 1 aromatic heterocycles. The van der Waals surface area contributed by atoms with Crippen molar-refractivity contribution in [3.8, 4) is 11.5 Å². The Kier molecular flexibility index (Phi) is 4.72. The summed E-state index contributed by atoms with van der Waals surface area (Å²) in [4.78, 5) is 23.4. The van der Waals surface area contributed by atoms with Gasteiger partial charge in [0.25, 0.3) is 5.91 Å². The molecule has 2 aliphatic rings. The van der Waals surface area contributed by atoms with Crippen LogP contribution in [0.3, 0.4) is 0 Å². The third-order valence-electron chi connectivity index (χ3n) is 5.40. The molecule has 2 aromatic rings. The van der Waals surface area contributed by atoms with Gasteiger partial charge in [0.1, 0.15) is 5.82 Å². The van der Waals surface area contributed by atoms with Gasteiger partial charge in [-0.25, -0.2) is 9.97 Å². The van der Waals surface area contributed by atoms with E-state index in [9.17, 15) is 4.79 Å². The summed E-state index contributed by atoms with van der Waals surface area (Å²) >= 11 is 0. The summed E-state index contributed by atoms with van der Waals surface area (Å²) in [5.41, 5.74) is 1.82. The summed E-state index contributed by atoms with van der Waals surface area (Å²) < 4.78 is 10.9. The number of likely N-dealkylation sites (tertiary alicyclic amines) is 1. The zero-order valence-corrected chi connectivity index (χ0v) is 15.9. The Hall–Kier alpha value is -2.63. The Balaban J connectivity index is 1.46. The fourth-order valence-electron chi connectivity index (χ4n) is 4.01. The second kappa shape index (κ2) is 7.18. The maximum atomic E-state index is 12.9. The number of nitrogens with zero attached hydrogens (tertiary/aromatic N) is 3. The standard InChI is InChI=1S/C21H25N3O3/c1-3-19-22-11-16(12-23-19)20(25)24-8-4-7-21(2,13-24)10-15-5-6-17-18(9-15)27-14-26-17/h5-6,9,11-12H,3-4,7-8,10,13-14H2,1-2H3. The van der Waals surface area contributed by atoms with Gasteiger partial charge in [0.2, 0.25) is 6.79 Å². The van der Waals surface area contributed by atoms with Gasteiger partial charge in [0.05, 0.1) is 5.56 Å². The number of amides is 1. The smallest absolute Gasteiger partial charge is 0.257 e. The van der Waals surface area contributed by atoms with Crippen LogP contribution in [0.25, 0.3) is 0 Å². The van der Waals surface area contributed by atoms with Crippen molar-refractivity contribution in [2.75, 3.05) is 19.9 Å². The van der Waals surface area contributed by atoms with Gasteiger partial charge in [-0.1, -0.05) is 19.9 Å². The number of carbonyl (C=O) groups is 1. The van der Waals surface area contributed by atoms with Gasteiger partial charge in [-0.05, 0) is 42.4 Å². The molecule has 1 aromatic carbocycles. The molecule has 0 saturated carbocycles. The first-order valence-corrected chi connectivity index (χ1v) is 9.55. The molecule has 0 bridgehead atoms. The number of carbonyl (C=O) groups excluding carboxylic acids is 1. The second-order valence-corrected chi connectivity index (χ2v) is 7.75. The van der Waals surface area contributed by atoms with Gasteiger partial charge in [-0.3, -0.25) is 4.79 Å². The lowest BCUT2D eigenvalue weighted by atomic mass is 9.76. The molecule has 6 heteroatoms. The summed E-state index contributed by atoms with van der Waals surface area (Å²) in [6.07, 6.45) is 7.07. The maximum Gasteiger partial charge on any atom is 0.257 e. The van der Waals surface area contributed by atoms with Gasteiger partial charge < -0.3 is 14.4 Å². The molecule has 0 aliphatic carbocycles. The Bertz CT molecular complexity index is 837. The Morgan fingerprint density at radius 3 is 2.78 bits per heavy atom. The predicted molar refractivity (Wildman–Crippen MR) is 101 cm³/mol. The molecule has 0 N–H and O–H groups in total. The second-order valence-electron chi connectivity index (χ2n) is 7.75. The summed E-state index contributed by atoms with van der Waals surface area (Å²) in [7, 11) is 0. The molecule has 3 heterocycles. The zero-order valence-electron chi connectivity index (χ0n) is 15.9. The fourth-order valence-corrected chi connectivity index (χ4v) is 4.01. The third kappa shape index (κ3) is 3.75. The minimum absolute atomic E-state index is 0.0225. The van der Waals surface area contributed by atoms with Crippen LogP contribution in [-0.2, 0) is 12.8 Å².